The highest BCUT2D eigenvalue weighted by Crippen LogP contribution is 2.21. The van der Waals surface area contributed by atoms with Gasteiger partial charge in [0, 0.05) is 55.9 Å². The Kier molecular flexibility index (Phi) is 6.29. The third-order valence-electron chi connectivity index (χ3n) is 5.05. The molecule has 0 bridgehead atoms. The van der Waals surface area contributed by atoms with Crippen LogP contribution < -0.4 is 5.32 Å². The fourth-order valence-corrected chi connectivity index (χ4v) is 3.40. The molecule has 1 saturated heterocycles. The highest BCUT2D eigenvalue weighted by atomic mass is 16.5. The van der Waals surface area contributed by atoms with Crippen molar-refractivity contribution in [3.8, 4) is 0 Å². The summed E-state index contributed by atoms with van der Waals surface area (Å²) in [7, 11) is 4.12. The SMILES string of the molecule is C[C@H](CNC(=O)c1cn(CCN(C)C)c2ccccc12)N1CCOCC1. The van der Waals surface area contributed by atoms with E-state index in [1.165, 1.54) is 0 Å². The number of carbonyl (C=O) groups is 1. The standard InChI is InChI=1S/C20H30N4O2/c1-16(23-10-12-26-13-11-23)14-21-20(25)18-15-24(9-8-22(2)3)19-7-5-4-6-17(18)19/h4-7,15-16H,8-14H2,1-3H3,(H,21,25)/t16-/m1/s1. The minimum Gasteiger partial charge on any atom is -0.379 e. The van der Waals surface area contributed by atoms with Gasteiger partial charge in [0.1, 0.15) is 0 Å². The van der Waals surface area contributed by atoms with Crippen molar-refractivity contribution in [1.82, 2.24) is 19.7 Å². The van der Waals surface area contributed by atoms with E-state index in [-0.39, 0.29) is 5.91 Å². The number of hydrogen-bond donors (Lipinski definition) is 1. The van der Waals surface area contributed by atoms with Crippen LogP contribution in [0.15, 0.2) is 30.5 Å². The summed E-state index contributed by atoms with van der Waals surface area (Å²) in [4.78, 5) is 17.3. The van der Waals surface area contributed by atoms with E-state index in [1.54, 1.807) is 0 Å². The van der Waals surface area contributed by atoms with Crippen LogP contribution >= 0.6 is 0 Å². The predicted molar refractivity (Wildman–Crippen MR) is 105 cm³/mol. The van der Waals surface area contributed by atoms with E-state index >= 15 is 0 Å². The predicted octanol–water partition coefficient (Wildman–Crippen LogP) is 1.65. The largest absolute Gasteiger partial charge is 0.379 e. The molecule has 6 nitrogen and oxygen atoms in total. The van der Waals surface area contributed by atoms with E-state index in [1.807, 2.05) is 24.4 Å². The number of likely N-dealkylation sites (N-methyl/N-ethyl adjacent to an activating group) is 1. The van der Waals surface area contributed by atoms with Crippen molar-refractivity contribution < 1.29 is 9.53 Å². The number of nitrogens with one attached hydrogen (secondary N) is 1. The van der Waals surface area contributed by atoms with Crippen molar-refractivity contribution in [3.05, 3.63) is 36.0 Å². The first-order chi connectivity index (χ1) is 12.6. The van der Waals surface area contributed by atoms with Gasteiger partial charge in [0.15, 0.2) is 0 Å². The van der Waals surface area contributed by atoms with Gasteiger partial charge in [0.25, 0.3) is 5.91 Å². The van der Waals surface area contributed by atoms with Crippen LogP contribution in [0, 0.1) is 0 Å². The second-order valence-corrected chi connectivity index (χ2v) is 7.26. The summed E-state index contributed by atoms with van der Waals surface area (Å²) in [5, 5.41) is 4.14. The van der Waals surface area contributed by atoms with Gasteiger partial charge in [-0.2, -0.15) is 0 Å². The third kappa shape index (κ3) is 4.44. The monoisotopic (exact) mass is 358 g/mol. The van der Waals surface area contributed by atoms with E-state index in [2.05, 4.69) is 46.8 Å². The second kappa shape index (κ2) is 8.66. The Balaban J connectivity index is 1.69. The number of morpholine rings is 1. The number of aromatic nitrogens is 1. The molecule has 1 aliphatic heterocycles. The summed E-state index contributed by atoms with van der Waals surface area (Å²) in [6.45, 7) is 8.03. The lowest BCUT2D eigenvalue weighted by Crippen LogP contribution is -2.47. The molecule has 1 N–H and O–H groups in total. The number of hydrogen-bond acceptors (Lipinski definition) is 4. The highest BCUT2D eigenvalue weighted by Gasteiger charge is 2.19. The van der Waals surface area contributed by atoms with Crippen LogP contribution in [-0.2, 0) is 11.3 Å². The number of ether oxygens (including phenoxy) is 1. The van der Waals surface area contributed by atoms with Gasteiger partial charge in [-0.05, 0) is 27.1 Å². The molecule has 1 fully saturated rings. The Morgan fingerprint density at radius 1 is 1.27 bits per heavy atom. The lowest BCUT2D eigenvalue weighted by atomic mass is 10.1. The van der Waals surface area contributed by atoms with Crippen molar-refractivity contribution in [2.75, 3.05) is 53.5 Å². The van der Waals surface area contributed by atoms with Crippen LogP contribution in [0.5, 0.6) is 0 Å². The molecule has 3 rings (SSSR count). The Bertz CT molecular complexity index is 734. The van der Waals surface area contributed by atoms with Crippen molar-refractivity contribution >= 4 is 16.8 Å². The molecule has 6 heteroatoms. The van der Waals surface area contributed by atoms with Gasteiger partial charge in [0.2, 0.25) is 0 Å². The lowest BCUT2D eigenvalue weighted by Gasteiger charge is -2.32. The topological polar surface area (TPSA) is 49.7 Å². The molecule has 2 aromatic rings. The third-order valence-corrected chi connectivity index (χ3v) is 5.05. The van der Waals surface area contributed by atoms with Gasteiger partial charge in [0.05, 0.1) is 18.8 Å². The summed E-state index contributed by atoms with van der Waals surface area (Å²) in [5.74, 6) is 0.00455. The Morgan fingerprint density at radius 2 is 2.00 bits per heavy atom. The van der Waals surface area contributed by atoms with Crippen LogP contribution in [0.4, 0.5) is 0 Å². The van der Waals surface area contributed by atoms with E-state index in [9.17, 15) is 4.79 Å². The minimum absolute atomic E-state index is 0.00455. The van der Waals surface area contributed by atoms with Gasteiger partial charge in [-0.25, -0.2) is 0 Å². The number of amides is 1. The van der Waals surface area contributed by atoms with Gasteiger partial charge in [-0.3, -0.25) is 9.69 Å². The van der Waals surface area contributed by atoms with E-state index in [0.29, 0.717) is 12.6 Å². The molecule has 1 atom stereocenters. The van der Waals surface area contributed by atoms with Crippen molar-refractivity contribution in [1.29, 1.82) is 0 Å². The lowest BCUT2D eigenvalue weighted by molar-refractivity contribution is 0.0204. The average molecular weight is 358 g/mol. The second-order valence-electron chi connectivity index (χ2n) is 7.26. The molecule has 1 aromatic carbocycles. The summed E-state index contributed by atoms with van der Waals surface area (Å²) >= 11 is 0. The first kappa shape index (κ1) is 18.9. The fourth-order valence-electron chi connectivity index (χ4n) is 3.40. The number of carbonyl (C=O) groups excluding carboxylic acids is 1. The van der Waals surface area contributed by atoms with Gasteiger partial charge in [-0.15, -0.1) is 0 Å². The molecular weight excluding hydrogens is 328 g/mol. The van der Waals surface area contributed by atoms with Crippen LogP contribution in [0.3, 0.4) is 0 Å². The average Bonchev–Trinajstić information content (AvgIpc) is 3.04. The molecule has 0 spiro atoms. The van der Waals surface area contributed by atoms with Crippen LogP contribution in [-0.4, -0.2) is 79.8 Å². The minimum atomic E-state index is 0.00455. The molecule has 1 aliphatic rings. The Morgan fingerprint density at radius 3 is 2.73 bits per heavy atom. The molecule has 2 heterocycles. The van der Waals surface area contributed by atoms with Crippen LogP contribution in [0.1, 0.15) is 17.3 Å². The van der Waals surface area contributed by atoms with Crippen molar-refractivity contribution in [3.63, 3.8) is 0 Å². The van der Waals surface area contributed by atoms with E-state index < -0.39 is 0 Å². The maximum atomic E-state index is 12.8. The fraction of sp³-hybridized carbons (Fsp3) is 0.550. The molecule has 26 heavy (non-hydrogen) atoms. The zero-order chi connectivity index (χ0) is 18.5. The maximum absolute atomic E-state index is 12.8. The van der Waals surface area contributed by atoms with Gasteiger partial charge >= 0.3 is 0 Å². The van der Waals surface area contributed by atoms with Gasteiger partial charge < -0.3 is 19.5 Å². The summed E-state index contributed by atoms with van der Waals surface area (Å²) in [6.07, 6.45) is 1.99. The van der Waals surface area contributed by atoms with Crippen molar-refractivity contribution in [2.45, 2.75) is 19.5 Å². The molecule has 0 aliphatic carbocycles. The highest BCUT2D eigenvalue weighted by molar-refractivity contribution is 6.07. The number of para-hydroxylation sites is 1. The number of nitrogens with zero attached hydrogens (tertiary/aromatic N) is 3. The maximum Gasteiger partial charge on any atom is 0.253 e. The summed E-state index contributed by atoms with van der Waals surface area (Å²) < 4.78 is 7.58. The quantitative estimate of drug-likeness (QED) is 0.818. The molecule has 0 unspecified atom stereocenters. The molecular formula is C20H30N4O2. The first-order valence-electron chi connectivity index (χ1n) is 9.39. The Labute approximate surface area is 155 Å². The number of rotatable bonds is 7. The van der Waals surface area contributed by atoms with Crippen molar-refractivity contribution in [2.24, 2.45) is 0 Å². The number of benzene rings is 1. The Hall–Kier alpha value is -1.89. The molecule has 0 radical (unpaired) electrons. The molecule has 0 saturated carbocycles. The molecule has 1 amide bonds. The summed E-state index contributed by atoms with van der Waals surface area (Å²) in [6, 6.07) is 8.44. The van der Waals surface area contributed by atoms with Gasteiger partial charge in [-0.1, -0.05) is 18.2 Å². The zero-order valence-corrected chi connectivity index (χ0v) is 16.1. The smallest absolute Gasteiger partial charge is 0.253 e. The zero-order valence-electron chi connectivity index (χ0n) is 16.1. The van der Waals surface area contributed by atoms with E-state index in [4.69, 9.17) is 4.74 Å². The number of fused-ring (bicyclic) bond motifs is 1. The van der Waals surface area contributed by atoms with Crippen LogP contribution in [0.25, 0.3) is 10.9 Å². The summed E-state index contributed by atoms with van der Waals surface area (Å²) in [5.41, 5.74) is 1.87. The molecule has 142 valence electrons. The van der Waals surface area contributed by atoms with E-state index in [0.717, 1.165) is 55.9 Å². The normalized spacial score (nSPS) is 16.9. The first-order valence-corrected chi connectivity index (χ1v) is 9.39. The molecule has 1 aromatic heterocycles. The van der Waals surface area contributed by atoms with Crippen LogP contribution in [0.2, 0.25) is 0 Å².